The van der Waals surface area contributed by atoms with Crippen LogP contribution in [0, 0.1) is 0 Å². The summed E-state index contributed by atoms with van der Waals surface area (Å²) in [6.07, 6.45) is 2.59. The van der Waals surface area contributed by atoms with E-state index in [0.717, 1.165) is 10.4 Å². The third kappa shape index (κ3) is 2.55. The van der Waals surface area contributed by atoms with Crippen molar-refractivity contribution in [1.29, 1.82) is 0 Å². The van der Waals surface area contributed by atoms with E-state index in [4.69, 9.17) is 23.6 Å². The second-order valence-corrected chi connectivity index (χ2v) is 2.37. The Morgan fingerprint density at radius 1 is 1.75 bits per heavy atom. The molecule has 0 rings (SSSR count). The Morgan fingerprint density at radius 3 is 2.25 bits per heavy atom. The van der Waals surface area contributed by atoms with Crippen LogP contribution < -0.4 is 0 Å². The highest BCUT2D eigenvalue weighted by Crippen LogP contribution is 2.10. The molecular weight excluding hydrogens is 145 g/mol. The molecule has 48 valence electrons. The molecule has 1 atom stereocenters. The van der Waals surface area contributed by atoms with Gasteiger partial charge in [-0.05, 0) is 30.0 Å². The van der Waals surface area contributed by atoms with Crippen molar-refractivity contribution < 1.29 is 0 Å². The van der Waals surface area contributed by atoms with Crippen molar-refractivity contribution in [1.82, 2.24) is 3.94 Å². The van der Waals surface area contributed by atoms with Gasteiger partial charge in [-0.1, -0.05) is 13.0 Å². The van der Waals surface area contributed by atoms with Crippen LogP contribution in [0.15, 0.2) is 12.7 Å². The fourth-order valence-corrected chi connectivity index (χ4v) is 0.820. The van der Waals surface area contributed by atoms with E-state index in [1.54, 1.807) is 6.08 Å². The van der Waals surface area contributed by atoms with Gasteiger partial charge in [0.1, 0.15) is 0 Å². The Balaban J connectivity index is 3.51. The highest BCUT2D eigenvalue weighted by Gasteiger charge is 2.05. The Kier molecular flexibility index (Phi) is 4.33. The molecule has 3 heteroatoms. The maximum absolute atomic E-state index is 5.37. The third-order valence-electron chi connectivity index (χ3n) is 0.941. The van der Waals surface area contributed by atoms with Crippen LogP contribution >= 0.6 is 23.6 Å². The maximum atomic E-state index is 5.37. The molecule has 8 heavy (non-hydrogen) atoms. The first-order valence-electron chi connectivity index (χ1n) is 2.45. The van der Waals surface area contributed by atoms with Gasteiger partial charge in [0.05, 0.1) is 6.04 Å². The van der Waals surface area contributed by atoms with Crippen LogP contribution in [0.5, 0.6) is 0 Å². The van der Waals surface area contributed by atoms with E-state index in [1.165, 1.54) is 0 Å². The number of halogens is 2. The van der Waals surface area contributed by atoms with Gasteiger partial charge in [0.2, 0.25) is 0 Å². The van der Waals surface area contributed by atoms with E-state index in [0.29, 0.717) is 0 Å². The van der Waals surface area contributed by atoms with Gasteiger partial charge in [0.15, 0.2) is 0 Å². The largest absolute Gasteiger partial charge is 0.125 e. The van der Waals surface area contributed by atoms with Crippen molar-refractivity contribution in [3.8, 4) is 0 Å². The molecule has 0 heterocycles. The van der Waals surface area contributed by atoms with E-state index in [9.17, 15) is 0 Å². The van der Waals surface area contributed by atoms with E-state index in [1.807, 2.05) is 6.92 Å². The van der Waals surface area contributed by atoms with Gasteiger partial charge < -0.3 is 0 Å². The van der Waals surface area contributed by atoms with Crippen LogP contribution in [0.4, 0.5) is 0 Å². The molecule has 0 saturated heterocycles. The number of hydrogen-bond acceptors (Lipinski definition) is 1. The van der Waals surface area contributed by atoms with Gasteiger partial charge in [0.25, 0.3) is 0 Å². The van der Waals surface area contributed by atoms with E-state index < -0.39 is 0 Å². The minimum atomic E-state index is 0.0818. The molecular formula is C5H9Cl2N. The van der Waals surface area contributed by atoms with Gasteiger partial charge in [-0.2, -0.15) is 0 Å². The van der Waals surface area contributed by atoms with Crippen LogP contribution in [0.3, 0.4) is 0 Å². The van der Waals surface area contributed by atoms with Crippen molar-refractivity contribution >= 4 is 23.6 Å². The molecule has 0 aliphatic rings. The van der Waals surface area contributed by atoms with E-state index in [2.05, 4.69) is 6.58 Å². The monoisotopic (exact) mass is 153 g/mol. The molecule has 0 spiro atoms. The van der Waals surface area contributed by atoms with Gasteiger partial charge >= 0.3 is 0 Å². The summed E-state index contributed by atoms with van der Waals surface area (Å²) in [6.45, 7) is 5.53. The highest BCUT2D eigenvalue weighted by atomic mass is 35.5. The summed E-state index contributed by atoms with van der Waals surface area (Å²) in [5, 5.41) is 0. The molecule has 0 aliphatic carbocycles. The molecule has 0 radical (unpaired) electrons. The fourth-order valence-electron chi connectivity index (χ4n) is 0.384. The summed E-state index contributed by atoms with van der Waals surface area (Å²) in [5.41, 5.74) is 0. The topological polar surface area (TPSA) is 3.24 Å². The van der Waals surface area contributed by atoms with Crippen molar-refractivity contribution in [2.24, 2.45) is 0 Å². The standard InChI is InChI=1S/C5H9Cl2N/c1-3-5(4-2)8(6)7/h3,5H,1,4H2,2H3. The third-order valence-corrected chi connectivity index (χ3v) is 1.44. The molecule has 0 aromatic rings. The zero-order valence-electron chi connectivity index (χ0n) is 4.77. The average molecular weight is 154 g/mol. The zero-order valence-corrected chi connectivity index (χ0v) is 6.28. The molecule has 1 unspecified atom stereocenters. The quantitative estimate of drug-likeness (QED) is 0.446. The first kappa shape index (κ1) is 8.28. The summed E-state index contributed by atoms with van der Waals surface area (Å²) < 4.78 is 1.10. The van der Waals surface area contributed by atoms with Gasteiger partial charge in [0, 0.05) is 0 Å². The first-order valence-corrected chi connectivity index (χ1v) is 3.13. The maximum Gasteiger partial charge on any atom is 0.0591 e. The summed E-state index contributed by atoms with van der Waals surface area (Å²) >= 11 is 10.7. The zero-order chi connectivity index (χ0) is 6.57. The molecule has 0 saturated carbocycles. The minimum absolute atomic E-state index is 0.0818. The Morgan fingerprint density at radius 2 is 2.25 bits per heavy atom. The molecule has 0 aliphatic heterocycles. The first-order chi connectivity index (χ1) is 3.72. The van der Waals surface area contributed by atoms with Crippen LogP contribution in [-0.2, 0) is 0 Å². The van der Waals surface area contributed by atoms with Crippen molar-refractivity contribution in [2.75, 3.05) is 0 Å². The predicted molar refractivity (Wildman–Crippen MR) is 37.8 cm³/mol. The van der Waals surface area contributed by atoms with Crippen molar-refractivity contribution in [3.63, 3.8) is 0 Å². The van der Waals surface area contributed by atoms with Crippen molar-refractivity contribution in [3.05, 3.63) is 12.7 Å². The Bertz CT molecular complexity index is 72.8. The fraction of sp³-hybridized carbons (Fsp3) is 0.600. The lowest BCUT2D eigenvalue weighted by Gasteiger charge is -2.10. The average Bonchev–Trinajstić information content (AvgIpc) is 1.69. The number of rotatable bonds is 3. The van der Waals surface area contributed by atoms with Crippen molar-refractivity contribution in [2.45, 2.75) is 19.4 Å². The predicted octanol–water partition coefficient (Wildman–Crippen LogP) is 2.56. The lowest BCUT2D eigenvalue weighted by Crippen LogP contribution is -2.13. The van der Waals surface area contributed by atoms with Gasteiger partial charge in [-0.25, -0.2) is 0 Å². The number of hydrogen-bond donors (Lipinski definition) is 0. The smallest absolute Gasteiger partial charge is 0.0591 e. The van der Waals surface area contributed by atoms with E-state index in [-0.39, 0.29) is 6.04 Å². The lowest BCUT2D eigenvalue weighted by molar-refractivity contribution is 0.562. The molecule has 0 bridgehead atoms. The highest BCUT2D eigenvalue weighted by molar-refractivity contribution is 6.34. The Hall–Kier alpha value is 0.280. The Labute approximate surface area is 60.1 Å². The SMILES string of the molecule is C=CC(CC)N(Cl)Cl. The lowest BCUT2D eigenvalue weighted by atomic mass is 10.2. The minimum Gasteiger partial charge on any atom is -0.125 e. The summed E-state index contributed by atoms with van der Waals surface area (Å²) in [7, 11) is 0. The number of nitrogens with zero attached hydrogens (tertiary/aromatic N) is 1. The van der Waals surface area contributed by atoms with E-state index >= 15 is 0 Å². The second-order valence-electron chi connectivity index (χ2n) is 1.47. The summed E-state index contributed by atoms with van der Waals surface area (Å²) in [4.78, 5) is 0. The van der Waals surface area contributed by atoms with Crippen LogP contribution in [-0.4, -0.2) is 9.98 Å². The van der Waals surface area contributed by atoms with Gasteiger partial charge in [-0.3, -0.25) is 0 Å². The van der Waals surface area contributed by atoms with Gasteiger partial charge in [-0.15, -0.1) is 10.5 Å². The summed E-state index contributed by atoms with van der Waals surface area (Å²) in [5.74, 6) is 0. The van der Waals surface area contributed by atoms with Crippen LogP contribution in [0.25, 0.3) is 0 Å². The molecule has 1 nitrogen and oxygen atoms in total. The summed E-state index contributed by atoms with van der Waals surface area (Å²) in [6, 6.07) is 0.0818. The molecule has 0 N–H and O–H groups in total. The van der Waals surface area contributed by atoms with Crippen LogP contribution in [0.1, 0.15) is 13.3 Å². The molecule has 0 fully saturated rings. The molecule has 0 amide bonds. The molecule has 0 aromatic heterocycles. The normalized spacial score (nSPS) is 14.0. The second kappa shape index (κ2) is 4.19. The van der Waals surface area contributed by atoms with Crippen LogP contribution in [0.2, 0.25) is 0 Å². The molecule has 0 aromatic carbocycles.